The number of aliphatic hydroxyl groups is 3. The van der Waals surface area contributed by atoms with Gasteiger partial charge in [-0.25, -0.2) is 0 Å². The van der Waals surface area contributed by atoms with Crippen molar-refractivity contribution in [2.24, 2.45) is 5.92 Å². The Morgan fingerprint density at radius 2 is 1.35 bits per heavy atom. The van der Waals surface area contributed by atoms with Gasteiger partial charge in [0.15, 0.2) is 0 Å². The van der Waals surface area contributed by atoms with E-state index < -0.39 is 12.2 Å². The maximum Gasteiger partial charge on any atom is 0.0991 e. The summed E-state index contributed by atoms with van der Waals surface area (Å²) in [7, 11) is 0. The fourth-order valence-electron chi connectivity index (χ4n) is 4.69. The molecule has 4 nitrogen and oxygen atoms in total. The van der Waals surface area contributed by atoms with Crippen molar-refractivity contribution < 1.29 is 15.3 Å². The van der Waals surface area contributed by atoms with Gasteiger partial charge < -0.3 is 15.3 Å². The first-order chi connectivity index (χ1) is 12.6. The second-order valence-corrected chi connectivity index (χ2v) is 8.27. The van der Waals surface area contributed by atoms with Crippen molar-refractivity contribution in [3.8, 4) is 0 Å². The Balaban J connectivity index is 2.64. The molecule has 1 rings (SSSR count). The van der Waals surface area contributed by atoms with Crippen LogP contribution in [0.1, 0.15) is 97.8 Å². The summed E-state index contributed by atoms with van der Waals surface area (Å²) < 4.78 is 0. The third-order valence-corrected chi connectivity index (χ3v) is 6.18. The number of rotatable bonds is 15. The fraction of sp³-hybridized carbons (Fsp3) is 1.00. The van der Waals surface area contributed by atoms with Crippen molar-refractivity contribution in [1.82, 2.24) is 4.90 Å². The average Bonchev–Trinajstić information content (AvgIpc) is 2.88. The van der Waals surface area contributed by atoms with E-state index in [4.69, 9.17) is 0 Å². The highest BCUT2D eigenvalue weighted by Gasteiger charge is 2.49. The van der Waals surface area contributed by atoms with Gasteiger partial charge in [-0.15, -0.1) is 0 Å². The Labute approximate surface area is 162 Å². The molecule has 0 aromatic carbocycles. The van der Waals surface area contributed by atoms with Crippen molar-refractivity contribution in [2.45, 2.75) is 122 Å². The first-order valence-corrected chi connectivity index (χ1v) is 11.3. The second kappa shape index (κ2) is 13.9. The molecule has 0 aliphatic carbocycles. The standard InChI is InChI=1S/C22H45NO3/c1-4-7-9-10-11-12-13-16-23-19(17-24)21(25)22(26)20(23)18(14-6-3)15-8-5-2/h18-22,24-26H,4-17H2,1-3H3/t18-,19+,20+,21-,22-/m1/s1. The number of nitrogens with zero attached hydrogens (tertiary/aromatic N) is 1. The van der Waals surface area contributed by atoms with E-state index in [9.17, 15) is 15.3 Å². The van der Waals surface area contributed by atoms with E-state index in [1.165, 1.54) is 44.9 Å². The summed E-state index contributed by atoms with van der Waals surface area (Å²) in [6, 6.07) is -0.315. The Bertz CT molecular complexity index is 339. The summed E-state index contributed by atoms with van der Waals surface area (Å²) in [5.41, 5.74) is 0. The number of likely N-dealkylation sites (tertiary alicyclic amines) is 1. The Morgan fingerprint density at radius 3 is 1.92 bits per heavy atom. The highest BCUT2D eigenvalue weighted by Crippen LogP contribution is 2.35. The van der Waals surface area contributed by atoms with Crippen molar-refractivity contribution in [2.75, 3.05) is 13.2 Å². The first-order valence-electron chi connectivity index (χ1n) is 11.3. The SMILES string of the molecule is CCCCCCCCCN1[C@@H]([C@H](CCC)CCCC)[C@@H](O)[C@H](O)[C@@H]1CO. The number of hydrogen-bond acceptors (Lipinski definition) is 4. The van der Waals surface area contributed by atoms with Crippen LogP contribution in [-0.4, -0.2) is 57.7 Å². The second-order valence-electron chi connectivity index (χ2n) is 8.27. The number of unbranched alkanes of at least 4 members (excludes halogenated alkanes) is 7. The molecule has 0 radical (unpaired) electrons. The van der Waals surface area contributed by atoms with Crippen LogP contribution in [0.4, 0.5) is 0 Å². The number of hydrogen-bond donors (Lipinski definition) is 3. The molecule has 1 heterocycles. The van der Waals surface area contributed by atoms with Crippen LogP contribution in [0, 0.1) is 5.92 Å². The quantitative estimate of drug-likeness (QED) is 0.379. The molecule has 0 spiro atoms. The monoisotopic (exact) mass is 371 g/mol. The zero-order chi connectivity index (χ0) is 19.4. The first kappa shape index (κ1) is 23.9. The minimum Gasteiger partial charge on any atom is -0.395 e. The zero-order valence-corrected chi connectivity index (χ0v) is 17.6. The summed E-state index contributed by atoms with van der Waals surface area (Å²) in [6.45, 7) is 7.45. The molecule has 3 N–H and O–H groups in total. The summed E-state index contributed by atoms with van der Waals surface area (Å²) >= 11 is 0. The lowest BCUT2D eigenvalue weighted by Gasteiger charge is -2.35. The van der Waals surface area contributed by atoms with Crippen LogP contribution in [0.25, 0.3) is 0 Å². The van der Waals surface area contributed by atoms with Crippen LogP contribution in [0.2, 0.25) is 0 Å². The topological polar surface area (TPSA) is 63.9 Å². The molecule has 0 bridgehead atoms. The lowest BCUT2D eigenvalue weighted by atomic mass is 9.86. The fourth-order valence-corrected chi connectivity index (χ4v) is 4.69. The third kappa shape index (κ3) is 7.10. The molecule has 0 aromatic rings. The van der Waals surface area contributed by atoms with Gasteiger partial charge in [-0.3, -0.25) is 4.90 Å². The molecule has 1 fully saturated rings. The summed E-state index contributed by atoms with van der Waals surface area (Å²) in [6.07, 6.45) is 12.8. The third-order valence-electron chi connectivity index (χ3n) is 6.18. The van der Waals surface area contributed by atoms with Gasteiger partial charge in [0.2, 0.25) is 0 Å². The van der Waals surface area contributed by atoms with E-state index in [0.717, 1.165) is 38.6 Å². The maximum absolute atomic E-state index is 10.7. The van der Waals surface area contributed by atoms with Crippen LogP contribution in [-0.2, 0) is 0 Å². The Hall–Kier alpha value is -0.160. The summed E-state index contributed by atoms with van der Waals surface area (Å²) in [5.74, 6) is 0.408. The minimum atomic E-state index is -0.824. The molecular formula is C22H45NO3. The van der Waals surface area contributed by atoms with Crippen LogP contribution in [0.5, 0.6) is 0 Å². The van der Waals surface area contributed by atoms with Crippen molar-refractivity contribution >= 4 is 0 Å². The van der Waals surface area contributed by atoms with E-state index in [-0.39, 0.29) is 18.7 Å². The molecule has 0 saturated carbocycles. The molecule has 1 aliphatic rings. The van der Waals surface area contributed by atoms with Gasteiger partial charge in [-0.2, -0.15) is 0 Å². The van der Waals surface area contributed by atoms with Crippen LogP contribution >= 0.6 is 0 Å². The normalized spacial score (nSPS) is 27.9. The smallest absolute Gasteiger partial charge is 0.0991 e. The van der Waals surface area contributed by atoms with Gasteiger partial charge in [-0.1, -0.05) is 78.6 Å². The average molecular weight is 372 g/mol. The molecular weight excluding hydrogens is 326 g/mol. The molecule has 0 amide bonds. The molecule has 26 heavy (non-hydrogen) atoms. The van der Waals surface area contributed by atoms with Crippen LogP contribution in [0.3, 0.4) is 0 Å². The zero-order valence-electron chi connectivity index (χ0n) is 17.6. The van der Waals surface area contributed by atoms with Gasteiger partial charge >= 0.3 is 0 Å². The van der Waals surface area contributed by atoms with Crippen molar-refractivity contribution in [3.63, 3.8) is 0 Å². The Morgan fingerprint density at radius 1 is 0.731 bits per heavy atom. The molecule has 156 valence electrons. The molecule has 1 saturated heterocycles. The van der Waals surface area contributed by atoms with Gasteiger partial charge in [0, 0.05) is 6.04 Å². The lowest BCUT2D eigenvalue weighted by Crippen LogP contribution is -2.45. The molecule has 1 aliphatic heterocycles. The molecule has 5 atom stereocenters. The van der Waals surface area contributed by atoms with E-state index in [1.54, 1.807) is 0 Å². The molecule has 4 heteroatoms. The van der Waals surface area contributed by atoms with E-state index in [1.807, 2.05) is 0 Å². The van der Waals surface area contributed by atoms with E-state index >= 15 is 0 Å². The van der Waals surface area contributed by atoms with Gasteiger partial charge in [0.05, 0.1) is 24.9 Å². The lowest BCUT2D eigenvalue weighted by molar-refractivity contribution is 0.0112. The predicted molar refractivity (Wildman–Crippen MR) is 109 cm³/mol. The summed E-state index contributed by atoms with van der Waals surface area (Å²) in [5, 5.41) is 31.0. The minimum absolute atomic E-state index is 0.00580. The van der Waals surface area contributed by atoms with Gasteiger partial charge in [0.25, 0.3) is 0 Å². The molecule has 0 aromatic heterocycles. The Kier molecular flexibility index (Phi) is 12.8. The van der Waals surface area contributed by atoms with Crippen LogP contribution in [0.15, 0.2) is 0 Å². The van der Waals surface area contributed by atoms with E-state index in [0.29, 0.717) is 5.92 Å². The van der Waals surface area contributed by atoms with Crippen LogP contribution < -0.4 is 0 Å². The predicted octanol–water partition coefficient (Wildman–Crippen LogP) is 4.11. The molecule has 0 unspecified atom stereocenters. The highest BCUT2D eigenvalue weighted by molar-refractivity contribution is 5.02. The number of aliphatic hydroxyl groups excluding tert-OH is 3. The summed E-state index contributed by atoms with van der Waals surface area (Å²) in [4.78, 5) is 2.25. The van der Waals surface area contributed by atoms with Crippen molar-refractivity contribution in [3.05, 3.63) is 0 Å². The van der Waals surface area contributed by atoms with Crippen molar-refractivity contribution in [1.29, 1.82) is 0 Å². The van der Waals surface area contributed by atoms with Gasteiger partial charge in [0.1, 0.15) is 0 Å². The maximum atomic E-state index is 10.7. The van der Waals surface area contributed by atoms with E-state index in [2.05, 4.69) is 25.7 Å². The highest BCUT2D eigenvalue weighted by atomic mass is 16.3. The van der Waals surface area contributed by atoms with Gasteiger partial charge in [-0.05, 0) is 31.7 Å². The largest absolute Gasteiger partial charge is 0.395 e.